The van der Waals surface area contributed by atoms with Crippen LogP contribution in [0.15, 0.2) is 47.4 Å². The van der Waals surface area contributed by atoms with E-state index in [9.17, 15) is 13.2 Å². The van der Waals surface area contributed by atoms with Crippen LogP contribution in [0, 0.1) is 0 Å². The largest absolute Gasteiger partial charge is 0.497 e. The van der Waals surface area contributed by atoms with Gasteiger partial charge in [0.15, 0.2) is 6.61 Å². The number of nitrogens with one attached hydrogen (secondary N) is 1. The number of ether oxygens (including phenoxy) is 2. The molecule has 8 nitrogen and oxygen atoms in total. The summed E-state index contributed by atoms with van der Waals surface area (Å²) >= 11 is 6.30. The number of carbonyl (C=O) groups is 1. The number of benzene rings is 2. The van der Waals surface area contributed by atoms with Crippen molar-refractivity contribution in [3.63, 3.8) is 0 Å². The standard InChI is InChI=1S/C25H32ClN3O5S/c1-33-21-9-7-20(8-10-21)28-13-15-29(16-14-28)25(30)18-34-24-12-11-22(17-23(24)26)35(31,32)27-19-5-3-2-4-6-19/h7-12,17,19,27H,2-6,13-16,18H2,1H3. The van der Waals surface area contributed by atoms with Crippen molar-refractivity contribution in [3.05, 3.63) is 47.5 Å². The van der Waals surface area contributed by atoms with Gasteiger partial charge in [0.05, 0.1) is 17.0 Å². The van der Waals surface area contributed by atoms with Crippen LogP contribution in [0.25, 0.3) is 0 Å². The molecule has 1 aliphatic carbocycles. The Labute approximate surface area is 212 Å². The fraction of sp³-hybridized carbons (Fsp3) is 0.480. The third-order valence-corrected chi connectivity index (χ3v) is 8.38. The molecule has 0 aromatic heterocycles. The summed E-state index contributed by atoms with van der Waals surface area (Å²) in [6, 6.07) is 12.2. The highest BCUT2D eigenvalue weighted by Crippen LogP contribution is 2.28. The number of nitrogens with zero attached hydrogens (tertiary/aromatic N) is 2. The van der Waals surface area contributed by atoms with Crippen LogP contribution in [0.4, 0.5) is 5.69 Å². The van der Waals surface area contributed by atoms with Gasteiger partial charge in [0, 0.05) is 37.9 Å². The Morgan fingerprint density at radius 1 is 1.03 bits per heavy atom. The molecule has 2 aromatic carbocycles. The fourth-order valence-corrected chi connectivity index (χ4v) is 6.14. The van der Waals surface area contributed by atoms with Gasteiger partial charge < -0.3 is 19.3 Å². The number of rotatable bonds is 8. The van der Waals surface area contributed by atoms with E-state index in [0.717, 1.165) is 56.6 Å². The molecule has 0 unspecified atom stereocenters. The molecule has 35 heavy (non-hydrogen) atoms. The molecular weight excluding hydrogens is 490 g/mol. The molecule has 1 saturated carbocycles. The molecule has 2 aromatic rings. The second kappa shape index (κ2) is 11.5. The minimum Gasteiger partial charge on any atom is -0.497 e. The van der Waals surface area contributed by atoms with E-state index in [1.54, 1.807) is 12.0 Å². The van der Waals surface area contributed by atoms with E-state index in [4.69, 9.17) is 21.1 Å². The maximum atomic E-state index is 12.7. The van der Waals surface area contributed by atoms with Crippen molar-refractivity contribution in [2.45, 2.75) is 43.0 Å². The van der Waals surface area contributed by atoms with Crippen LogP contribution in [-0.2, 0) is 14.8 Å². The molecule has 1 heterocycles. The van der Waals surface area contributed by atoms with Crippen LogP contribution in [0.2, 0.25) is 5.02 Å². The number of sulfonamides is 1. The summed E-state index contributed by atoms with van der Waals surface area (Å²) in [5.74, 6) is 0.962. The Kier molecular flexibility index (Phi) is 8.41. The average Bonchev–Trinajstić information content (AvgIpc) is 2.88. The van der Waals surface area contributed by atoms with E-state index in [1.165, 1.54) is 18.2 Å². The van der Waals surface area contributed by atoms with Gasteiger partial charge in [-0.15, -0.1) is 0 Å². The van der Waals surface area contributed by atoms with E-state index in [-0.39, 0.29) is 34.2 Å². The van der Waals surface area contributed by atoms with Gasteiger partial charge in [-0.2, -0.15) is 0 Å². The topological polar surface area (TPSA) is 88.2 Å². The average molecular weight is 522 g/mol. The lowest BCUT2D eigenvalue weighted by atomic mass is 9.96. The molecule has 1 N–H and O–H groups in total. The number of anilines is 1. The molecule has 10 heteroatoms. The minimum atomic E-state index is -3.66. The number of hydrogen-bond donors (Lipinski definition) is 1. The second-order valence-electron chi connectivity index (χ2n) is 8.90. The first-order chi connectivity index (χ1) is 16.9. The van der Waals surface area contributed by atoms with Crippen molar-refractivity contribution in [1.29, 1.82) is 0 Å². The molecular formula is C25H32ClN3O5S. The zero-order chi connectivity index (χ0) is 24.8. The summed E-state index contributed by atoms with van der Waals surface area (Å²) in [5, 5.41) is 0.161. The van der Waals surface area contributed by atoms with Gasteiger partial charge in [0.1, 0.15) is 11.5 Å². The summed E-state index contributed by atoms with van der Waals surface area (Å²) < 4.78 is 39.0. The molecule has 1 amide bonds. The SMILES string of the molecule is COc1ccc(N2CCN(C(=O)COc3ccc(S(=O)(=O)NC4CCCCC4)cc3Cl)CC2)cc1. The van der Waals surface area contributed by atoms with Gasteiger partial charge in [-0.25, -0.2) is 13.1 Å². The van der Waals surface area contributed by atoms with Crippen LogP contribution in [0.3, 0.4) is 0 Å². The van der Waals surface area contributed by atoms with Crippen molar-refractivity contribution in [2.24, 2.45) is 0 Å². The molecule has 0 bridgehead atoms. The van der Waals surface area contributed by atoms with Crippen LogP contribution < -0.4 is 19.1 Å². The van der Waals surface area contributed by atoms with Crippen LogP contribution in [-0.4, -0.2) is 65.2 Å². The summed E-state index contributed by atoms with van der Waals surface area (Å²) in [6.45, 7) is 2.46. The Morgan fingerprint density at radius 2 is 1.71 bits per heavy atom. The molecule has 0 atom stereocenters. The lowest BCUT2D eigenvalue weighted by Gasteiger charge is -2.36. The highest BCUT2D eigenvalue weighted by Gasteiger charge is 2.24. The quantitative estimate of drug-likeness (QED) is 0.570. The van der Waals surface area contributed by atoms with E-state index >= 15 is 0 Å². The molecule has 1 aliphatic heterocycles. The normalized spacial score (nSPS) is 17.3. The van der Waals surface area contributed by atoms with E-state index in [0.29, 0.717) is 13.1 Å². The predicted octanol–water partition coefficient (Wildman–Crippen LogP) is 3.69. The Bertz CT molecular complexity index is 1110. The van der Waals surface area contributed by atoms with Crippen molar-refractivity contribution in [1.82, 2.24) is 9.62 Å². The lowest BCUT2D eigenvalue weighted by Crippen LogP contribution is -2.50. The number of amides is 1. The Morgan fingerprint density at radius 3 is 2.34 bits per heavy atom. The number of carbonyl (C=O) groups excluding carboxylic acids is 1. The van der Waals surface area contributed by atoms with E-state index in [1.807, 2.05) is 24.3 Å². The minimum absolute atomic E-state index is 0.0359. The van der Waals surface area contributed by atoms with Crippen molar-refractivity contribution in [3.8, 4) is 11.5 Å². The van der Waals surface area contributed by atoms with Gasteiger partial charge >= 0.3 is 0 Å². The number of methoxy groups -OCH3 is 1. The highest BCUT2D eigenvalue weighted by molar-refractivity contribution is 7.89. The van der Waals surface area contributed by atoms with Crippen molar-refractivity contribution >= 4 is 33.2 Å². The number of piperazine rings is 1. The van der Waals surface area contributed by atoms with Gasteiger partial charge in [-0.3, -0.25) is 4.79 Å². The first kappa shape index (κ1) is 25.6. The molecule has 0 radical (unpaired) electrons. The highest BCUT2D eigenvalue weighted by atomic mass is 35.5. The molecule has 2 aliphatic rings. The summed E-state index contributed by atoms with van der Waals surface area (Å²) in [5.41, 5.74) is 1.09. The molecule has 0 spiro atoms. The summed E-state index contributed by atoms with van der Waals surface area (Å²) in [4.78, 5) is 16.8. The van der Waals surface area contributed by atoms with Gasteiger partial charge in [-0.1, -0.05) is 30.9 Å². The van der Waals surface area contributed by atoms with E-state index in [2.05, 4.69) is 9.62 Å². The second-order valence-corrected chi connectivity index (χ2v) is 11.0. The molecule has 2 fully saturated rings. The lowest BCUT2D eigenvalue weighted by molar-refractivity contribution is -0.133. The van der Waals surface area contributed by atoms with Crippen LogP contribution in [0.5, 0.6) is 11.5 Å². The third-order valence-electron chi connectivity index (χ3n) is 6.56. The zero-order valence-electron chi connectivity index (χ0n) is 19.9. The maximum Gasteiger partial charge on any atom is 0.260 e. The number of hydrogen-bond acceptors (Lipinski definition) is 6. The Hall–Kier alpha value is -2.49. The third kappa shape index (κ3) is 6.59. The Balaban J connectivity index is 1.28. The smallest absolute Gasteiger partial charge is 0.260 e. The van der Waals surface area contributed by atoms with Gasteiger partial charge in [-0.05, 0) is 55.3 Å². The van der Waals surface area contributed by atoms with Gasteiger partial charge in [0.2, 0.25) is 10.0 Å². The predicted molar refractivity (Wildman–Crippen MR) is 136 cm³/mol. The fourth-order valence-electron chi connectivity index (χ4n) is 4.51. The van der Waals surface area contributed by atoms with Crippen LogP contribution in [0.1, 0.15) is 32.1 Å². The molecule has 4 rings (SSSR count). The van der Waals surface area contributed by atoms with Crippen LogP contribution >= 0.6 is 11.6 Å². The zero-order valence-corrected chi connectivity index (χ0v) is 21.5. The summed E-state index contributed by atoms with van der Waals surface area (Å²) in [7, 11) is -2.02. The van der Waals surface area contributed by atoms with Crippen molar-refractivity contribution in [2.75, 3.05) is 44.8 Å². The van der Waals surface area contributed by atoms with Gasteiger partial charge in [0.25, 0.3) is 5.91 Å². The molecule has 190 valence electrons. The maximum absolute atomic E-state index is 12.7. The summed E-state index contributed by atoms with van der Waals surface area (Å²) in [6.07, 6.45) is 4.92. The number of halogens is 1. The monoisotopic (exact) mass is 521 g/mol. The van der Waals surface area contributed by atoms with E-state index < -0.39 is 10.0 Å². The first-order valence-corrected chi connectivity index (χ1v) is 13.8. The van der Waals surface area contributed by atoms with Crippen molar-refractivity contribution < 1.29 is 22.7 Å². The first-order valence-electron chi connectivity index (χ1n) is 12.0. The molecule has 1 saturated heterocycles.